The SMILES string of the molecule is [CH]=Nc1ccc(C#N)cc1. The molecule has 0 saturated carbocycles. The highest BCUT2D eigenvalue weighted by molar-refractivity contribution is 5.47. The second-order valence-electron chi connectivity index (χ2n) is 1.79. The van der Waals surface area contributed by atoms with Crippen molar-refractivity contribution < 1.29 is 0 Å². The van der Waals surface area contributed by atoms with Crippen molar-refractivity contribution in [3.63, 3.8) is 0 Å². The third kappa shape index (κ3) is 1.20. The predicted molar refractivity (Wildman–Crippen MR) is 39.3 cm³/mol. The Kier molecular flexibility index (Phi) is 1.81. The first-order chi connectivity index (χ1) is 4.86. The molecule has 0 amide bonds. The van der Waals surface area contributed by atoms with Gasteiger partial charge < -0.3 is 0 Å². The maximum atomic E-state index is 8.39. The van der Waals surface area contributed by atoms with Crippen molar-refractivity contribution in [1.29, 1.82) is 5.26 Å². The summed E-state index contributed by atoms with van der Waals surface area (Å²) in [5.74, 6) is 0. The normalized spacial score (nSPS) is 8.30. The highest BCUT2D eigenvalue weighted by Gasteiger charge is 1.87. The Morgan fingerprint density at radius 1 is 1.30 bits per heavy atom. The van der Waals surface area contributed by atoms with E-state index in [1.807, 2.05) is 6.07 Å². The Morgan fingerprint density at radius 3 is 2.30 bits per heavy atom. The van der Waals surface area contributed by atoms with Crippen molar-refractivity contribution >= 4 is 12.4 Å². The van der Waals surface area contributed by atoms with Gasteiger partial charge in [-0.25, -0.2) is 0 Å². The van der Waals surface area contributed by atoms with Crippen LogP contribution in [-0.4, -0.2) is 6.72 Å². The van der Waals surface area contributed by atoms with Crippen LogP contribution in [0.2, 0.25) is 0 Å². The molecule has 0 saturated heterocycles. The van der Waals surface area contributed by atoms with E-state index in [0.29, 0.717) is 11.3 Å². The summed E-state index contributed by atoms with van der Waals surface area (Å²) < 4.78 is 0. The summed E-state index contributed by atoms with van der Waals surface area (Å²) in [6.45, 7) is 4.98. The van der Waals surface area contributed by atoms with Crippen molar-refractivity contribution in [3.8, 4) is 6.07 Å². The molecule has 0 aliphatic carbocycles. The van der Waals surface area contributed by atoms with Gasteiger partial charge in [-0.15, -0.1) is 0 Å². The van der Waals surface area contributed by atoms with E-state index in [0.717, 1.165) is 0 Å². The van der Waals surface area contributed by atoms with Crippen molar-refractivity contribution in [3.05, 3.63) is 29.8 Å². The molecule has 0 heterocycles. The standard InChI is InChI=1S/C8H5N2/c1-10-8-4-2-7(6-9)3-5-8/h1-5H. The van der Waals surface area contributed by atoms with Gasteiger partial charge in [0.25, 0.3) is 0 Å². The van der Waals surface area contributed by atoms with Gasteiger partial charge in [-0.1, -0.05) is 0 Å². The molecule has 0 atom stereocenters. The lowest BCUT2D eigenvalue weighted by Gasteiger charge is -1.89. The molecular formula is C8H5N2. The molecule has 1 radical (unpaired) electrons. The molecule has 1 rings (SSSR count). The summed E-state index contributed by atoms with van der Waals surface area (Å²) in [4.78, 5) is 3.44. The van der Waals surface area contributed by atoms with Crippen LogP contribution in [0.25, 0.3) is 0 Å². The number of nitrogens with zero attached hydrogens (tertiary/aromatic N) is 2. The van der Waals surface area contributed by atoms with Crippen LogP contribution in [-0.2, 0) is 0 Å². The third-order valence-corrected chi connectivity index (χ3v) is 1.15. The zero-order chi connectivity index (χ0) is 7.40. The minimum absolute atomic E-state index is 0.618. The fraction of sp³-hybridized carbons (Fsp3) is 0. The molecule has 0 aliphatic heterocycles. The Balaban J connectivity index is 3.04. The Hall–Kier alpha value is -1.62. The van der Waals surface area contributed by atoms with E-state index in [1.54, 1.807) is 24.3 Å². The van der Waals surface area contributed by atoms with E-state index in [4.69, 9.17) is 12.0 Å². The van der Waals surface area contributed by atoms with Gasteiger partial charge in [-0.05, 0) is 24.3 Å². The van der Waals surface area contributed by atoms with Crippen LogP contribution in [0.1, 0.15) is 5.56 Å². The minimum atomic E-state index is 0.618. The van der Waals surface area contributed by atoms with Crippen LogP contribution in [0.15, 0.2) is 29.3 Å². The Labute approximate surface area is 59.4 Å². The molecule has 2 heteroatoms. The first-order valence-electron chi connectivity index (χ1n) is 2.78. The van der Waals surface area contributed by atoms with Crippen molar-refractivity contribution in [2.75, 3.05) is 0 Å². The topological polar surface area (TPSA) is 36.1 Å². The summed E-state index contributed by atoms with van der Waals surface area (Å²) >= 11 is 0. The number of hydrogen-bond donors (Lipinski definition) is 0. The summed E-state index contributed by atoms with van der Waals surface area (Å²) in [7, 11) is 0. The second kappa shape index (κ2) is 2.79. The maximum Gasteiger partial charge on any atom is 0.0991 e. The van der Waals surface area contributed by atoms with Crippen molar-refractivity contribution in [2.45, 2.75) is 0 Å². The Bertz CT molecular complexity index is 266. The lowest BCUT2D eigenvalue weighted by Crippen LogP contribution is -1.69. The highest BCUT2D eigenvalue weighted by atomic mass is 14.7. The number of nitriles is 1. The highest BCUT2D eigenvalue weighted by Crippen LogP contribution is 2.10. The van der Waals surface area contributed by atoms with Gasteiger partial charge in [0, 0.05) is 6.72 Å². The quantitative estimate of drug-likeness (QED) is 0.532. The van der Waals surface area contributed by atoms with Crippen molar-refractivity contribution in [2.24, 2.45) is 4.99 Å². The van der Waals surface area contributed by atoms with Gasteiger partial charge in [0.05, 0.1) is 17.3 Å². The van der Waals surface area contributed by atoms with Gasteiger partial charge in [-0.2, -0.15) is 5.26 Å². The summed E-state index contributed by atoms with van der Waals surface area (Å²) in [5, 5.41) is 8.39. The third-order valence-electron chi connectivity index (χ3n) is 1.15. The lowest BCUT2D eigenvalue weighted by atomic mass is 10.2. The molecule has 1 aromatic carbocycles. The van der Waals surface area contributed by atoms with E-state index >= 15 is 0 Å². The van der Waals surface area contributed by atoms with Crippen LogP contribution in [0.5, 0.6) is 0 Å². The molecule has 0 unspecified atom stereocenters. The Morgan fingerprint density at radius 2 is 1.90 bits per heavy atom. The average molecular weight is 129 g/mol. The summed E-state index contributed by atoms with van der Waals surface area (Å²) in [6, 6.07) is 8.73. The number of rotatable bonds is 1. The average Bonchev–Trinajstić information content (AvgIpc) is 2.05. The number of hydrogen-bond acceptors (Lipinski definition) is 2. The van der Waals surface area contributed by atoms with E-state index < -0.39 is 0 Å². The lowest BCUT2D eigenvalue weighted by molar-refractivity contribution is 1.47. The number of benzene rings is 1. The first-order valence-corrected chi connectivity index (χ1v) is 2.78. The van der Waals surface area contributed by atoms with Gasteiger partial charge in [0.1, 0.15) is 0 Å². The zero-order valence-electron chi connectivity index (χ0n) is 5.28. The fourth-order valence-electron chi connectivity index (χ4n) is 0.622. The van der Waals surface area contributed by atoms with Gasteiger partial charge in [-0.3, -0.25) is 4.99 Å². The maximum absolute atomic E-state index is 8.39. The molecule has 1 aromatic rings. The van der Waals surface area contributed by atoms with E-state index in [9.17, 15) is 0 Å². The molecule has 0 bridgehead atoms. The van der Waals surface area contributed by atoms with Crippen LogP contribution in [0.3, 0.4) is 0 Å². The van der Waals surface area contributed by atoms with Crippen LogP contribution >= 0.6 is 0 Å². The van der Waals surface area contributed by atoms with Gasteiger partial charge >= 0.3 is 0 Å². The molecule has 0 fully saturated rings. The minimum Gasteiger partial charge on any atom is -0.255 e. The van der Waals surface area contributed by atoms with Crippen molar-refractivity contribution in [1.82, 2.24) is 0 Å². The van der Waals surface area contributed by atoms with E-state index in [-0.39, 0.29) is 0 Å². The molecule has 47 valence electrons. The second-order valence-corrected chi connectivity index (χ2v) is 1.79. The molecule has 0 aliphatic rings. The van der Waals surface area contributed by atoms with Gasteiger partial charge in [0.2, 0.25) is 0 Å². The monoisotopic (exact) mass is 129 g/mol. The van der Waals surface area contributed by atoms with Crippen LogP contribution in [0.4, 0.5) is 5.69 Å². The fourth-order valence-corrected chi connectivity index (χ4v) is 0.622. The largest absolute Gasteiger partial charge is 0.255 e. The molecule has 10 heavy (non-hydrogen) atoms. The van der Waals surface area contributed by atoms with E-state index in [2.05, 4.69) is 4.99 Å². The zero-order valence-corrected chi connectivity index (χ0v) is 5.28. The van der Waals surface area contributed by atoms with Crippen LogP contribution in [0, 0.1) is 11.3 Å². The predicted octanol–water partition coefficient (Wildman–Crippen LogP) is 1.77. The van der Waals surface area contributed by atoms with Gasteiger partial charge in [0.15, 0.2) is 0 Å². The molecule has 0 N–H and O–H groups in total. The smallest absolute Gasteiger partial charge is 0.0991 e. The molecule has 2 nitrogen and oxygen atoms in total. The number of aliphatic imine (C=N–C) groups is 1. The molecular weight excluding hydrogens is 124 g/mol. The first kappa shape index (κ1) is 6.50. The summed E-state index contributed by atoms with van der Waals surface area (Å²) in [5.41, 5.74) is 1.30. The summed E-state index contributed by atoms with van der Waals surface area (Å²) in [6.07, 6.45) is 0. The molecule has 0 aromatic heterocycles. The van der Waals surface area contributed by atoms with Crippen LogP contribution < -0.4 is 0 Å². The van der Waals surface area contributed by atoms with E-state index in [1.165, 1.54) is 0 Å². The molecule has 0 spiro atoms.